The monoisotopic (exact) mass is 326 g/mol. The second-order valence-electron chi connectivity index (χ2n) is 4.78. The van der Waals surface area contributed by atoms with Crippen LogP contribution in [-0.2, 0) is 4.79 Å². The first-order valence-corrected chi connectivity index (χ1v) is 6.85. The molecule has 1 fully saturated rings. The van der Waals surface area contributed by atoms with Crippen molar-refractivity contribution < 1.29 is 14.7 Å². The third kappa shape index (κ3) is 2.73. The van der Waals surface area contributed by atoms with Crippen molar-refractivity contribution in [3.63, 3.8) is 0 Å². The minimum Gasteiger partial charge on any atom is -0.480 e. The lowest BCUT2D eigenvalue weighted by Crippen LogP contribution is -2.43. The predicted molar refractivity (Wildman–Crippen MR) is 75.1 cm³/mol. The van der Waals surface area contributed by atoms with Crippen molar-refractivity contribution in [3.8, 4) is 0 Å². The molecule has 0 bridgehead atoms. The molecule has 0 aromatic heterocycles. The third-order valence-corrected chi connectivity index (χ3v) is 4.14. The van der Waals surface area contributed by atoms with E-state index in [4.69, 9.17) is 5.73 Å². The Morgan fingerprint density at radius 1 is 1.32 bits per heavy atom. The lowest BCUT2D eigenvalue weighted by Gasteiger charge is -2.26. The van der Waals surface area contributed by atoms with Crippen molar-refractivity contribution in [3.05, 3.63) is 28.2 Å². The first kappa shape index (κ1) is 13.9. The average Bonchev–Trinajstić information content (AvgIpc) is 2.78. The molecule has 5 nitrogen and oxygen atoms in total. The number of benzene rings is 1. The molecule has 1 saturated carbocycles. The number of hydrogen-bond acceptors (Lipinski definition) is 3. The number of aliphatic carboxylic acids is 1. The van der Waals surface area contributed by atoms with Crippen molar-refractivity contribution >= 4 is 33.5 Å². The predicted octanol–water partition coefficient (Wildman–Crippen LogP) is 2.36. The Kier molecular flexibility index (Phi) is 3.80. The standard InChI is InChI=1S/C13H15BrN2O3/c14-10-7-8(3-4-9(10)11(15)17)16-13(12(18)19)5-1-2-6-13/h3-4,7,16H,1-2,5-6H2,(H2,15,17)(H,18,19). The van der Waals surface area contributed by atoms with Crippen LogP contribution >= 0.6 is 15.9 Å². The minimum absolute atomic E-state index is 0.376. The SMILES string of the molecule is NC(=O)c1ccc(NC2(C(=O)O)CCCC2)cc1Br. The highest BCUT2D eigenvalue weighted by Crippen LogP contribution is 2.34. The molecule has 0 atom stereocenters. The highest BCUT2D eigenvalue weighted by Gasteiger charge is 2.41. The number of carbonyl (C=O) groups excluding carboxylic acids is 1. The highest BCUT2D eigenvalue weighted by atomic mass is 79.9. The van der Waals surface area contributed by atoms with Gasteiger partial charge in [-0.3, -0.25) is 4.79 Å². The molecule has 1 aromatic rings. The summed E-state index contributed by atoms with van der Waals surface area (Å²) >= 11 is 3.26. The Bertz CT molecular complexity index is 525. The Hall–Kier alpha value is -1.56. The largest absolute Gasteiger partial charge is 0.480 e. The molecule has 6 heteroatoms. The van der Waals surface area contributed by atoms with Gasteiger partial charge < -0.3 is 16.2 Å². The van der Waals surface area contributed by atoms with Gasteiger partial charge in [0, 0.05) is 10.2 Å². The second kappa shape index (κ2) is 5.21. The minimum atomic E-state index is -0.895. The molecule has 0 heterocycles. The van der Waals surface area contributed by atoms with Crippen LogP contribution in [0.2, 0.25) is 0 Å². The van der Waals surface area contributed by atoms with Crippen LogP contribution in [0, 0.1) is 0 Å². The molecule has 19 heavy (non-hydrogen) atoms. The van der Waals surface area contributed by atoms with Gasteiger partial charge in [-0.15, -0.1) is 0 Å². The van der Waals surface area contributed by atoms with Gasteiger partial charge in [0.15, 0.2) is 0 Å². The van der Waals surface area contributed by atoms with Gasteiger partial charge >= 0.3 is 5.97 Å². The Balaban J connectivity index is 2.26. The molecule has 0 saturated heterocycles. The van der Waals surface area contributed by atoms with Crippen molar-refractivity contribution in [1.29, 1.82) is 0 Å². The molecule has 4 N–H and O–H groups in total. The van der Waals surface area contributed by atoms with Gasteiger partial charge in [0.1, 0.15) is 5.54 Å². The molecule has 0 unspecified atom stereocenters. The summed E-state index contributed by atoms with van der Waals surface area (Å²) in [5.74, 6) is -1.35. The lowest BCUT2D eigenvalue weighted by atomic mass is 9.97. The number of amides is 1. The summed E-state index contributed by atoms with van der Waals surface area (Å²) in [7, 11) is 0. The van der Waals surface area contributed by atoms with Crippen molar-refractivity contribution in [2.45, 2.75) is 31.2 Å². The molecule has 0 aliphatic heterocycles. The third-order valence-electron chi connectivity index (χ3n) is 3.48. The summed E-state index contributed by atoms with van der Waals surface area (Å²) in [4.78, 5) is 22.6. The fourth-order valence-electron chi connectivity index (χ4n) is 2.44. The molecule has 0 spiro atoms. The zero-order valence-corrected chi connectivity index (χ0v) is 11.9. The van der Waals surface area contributed by atoms with Crippen molar-refractivity contribution in [1.82, 2.24) is 0 Å². The number of carboxylic acid groups (broad SMARTS) is 1. The van der Waals surface area contributed by atoms with Crippen molar-refractivity contribution in [2.75, 3.05) is 5.32 Å². The van der Waals surface area contributed by atoms with Crippen LogP contribution in [0.3, 0.4) is 0 Å². The summed E-state index contributed by atoms with van der Waals surface area (Å²) in [6, 6.07) is 4.94. The van der Waals surface area contributed by atoms with E-state index in [-0.39, 0.29) is 0 Å². The summed E-state index contributed by atoms with van der Waals surface area (Å²) in [6.45, 7) is 0. The number of nitrogens with two attached hydrogens (primary N) is 1. The maximum absolute atomic E-state index is 11.4. The number of anilines is 1. The van der Waals surface area contributed by atoms with Crippen LogP contribution in [0.25, 0.3) is 0 Å². The average molecular weight is 327 g/mol. The highest BCUT2D eigenvalue weighted by molar-refractivity contribution is 9.10. The van der Waals surface area contributed by atoms with Crippen LogP contribution in [0.4, 0.5) is 5.69 Å². The summed E-state index contributed by atoms with van der Waals surface area (Å²) in [5, 5.41) is 12.5. The first-order chi connectivity index (χ1) is 8.94. The summed E-state index contributed by atoms with van der Waals surface area (Å²) in [5.41, 5.74) is 5.37. The first-order valence-electron chi connectivity index (χ1n) is 6.05. The van der Waals surface area contributed by atoms with E-state index < -0.39 is 17.4 Å². The smallest absolute Gasteiger partial charge is 0.329 e. The normalized spacial score (nSPS) is 17.1. The Morgan fingerprint density at radius 3 is 2.42 bits per heavy atom. The van der Waals surface area contributed by atoms with E-state index in [0.29, 0.717) is 28.6 Å². The molecule has 2 rings (SSSR count). The van der Waals surface area contributed by atoms with Gasteiger partial charge in [-0.1, -0.05) is 12.8 Å². The maximum Gasteiger partial charge on any atom is 0.329 e. The molecule has 102 valence electrons. The molecule has 1 aromatic carbocycles. The number of carboxylic acids is 1. The van der Waals surface area contributed by atoms with Crippen LogP contribution in [-0.4, -0.2) is 22.5 Å². The van der Waals surface area contributed by atoms with Gasteiger partial charge in [-0.2, -0.15) is 0 Å². The number of halogens is 1. The van der Waals surface area contributed by atoms with E-state index in [0.717, 1.165) is 12.8 Å². The molecule has 1 aliphatic carbocycles. The summed E-state index contributed by atoms with van der Waals surface area (Å²) in [6.07, 6.45) is 3.02. The lowest BCUT2D eigenvalue weighted by molar-refractivity contribution is -0.142. The molecular formula is C13H15BrN2O3. The number of rotatable bonds is 4. The number of primary amides is 1. The Morgan fingerprint density at radius 2 is 1.95 bits per heavy atom. The molecule has 0 radical (unpaired) electrons. The van der Waals surface area contributed by atoms with Crippen molar-refractivity contribution in [2.24, 2.45) is 5.73 Å². The van der Waals surface area contributed by atoms with Gasteiger partial charge in [-0.05, 0) is 47.0 Å². The van der Waals surface area contributed by atoms with Gasteiger partial charge in [0.2, 0.25) is 5.91 Å². The maximum atomic E-state index is 11.4. The Labute approximate surface area is 119 Å². The van der Waals surface area contributed by atoms with E-state index in [1.54, 1.807) is 18.2 Å². The molecule has 1 aliphatic rings. The van der Waals surface area contributed by atoms with E-state index in [2.05, 4.69) is 21.2 Å². The van der Waals surface area contributed by atoms with E-state index >= 15 is 0 Å². The van der Waals surface area contributed by atoms with Crippen LogP contribution < -0.4 is 11.1 Å². The number of carbonyl (C=O) groups is 2. The zero-order valence-electron chi connectivity index (χ0n) is 10.3. The second-order valence-corrected chi connectivity index (χ2v) is 5.63. The molecule has 1 amide bonds. The van der Waals surface area contributed by atoms with E-state index in [9.17, 15) is 14.7 Å². The summed E-state index contributed by atoms with van der Waals surface area (Å²) < 4.78 is 0.559. The van der Waals surface area contributed by atoms with Gasteiger partial charge in [-0.25, -0.2) is 4.79 Å². The van der Waals surface area contributed by atoms with Crippen LogP contribution in [0.5, 0.6) is 0 Å². The zero-order chi connectivity index (χ0) is 14.0. The fourth-order valence-corrected chi connectivity index (χ4v) is 3.01. The topological polar surface area (TPSA) is 92.4 Å². The van der Waals surface area contributed by atoms with E-state index in [1.807, 2.05) is 0 Å². The van der Waals surface area contributed by atoms with Gasteiger partial charge in [0.05, 0.1) is 5.56 Å². The van der Waals surface area contributed by atoms with E-state index in [1.165, 1.54) is 0 Å². The van der Waals surface area contributed by atoms with Gasteiger partial charge in [0.25, 0.3) is 0 Å². The number of nitrogens with one attached hydrogen (secondary N) is 1. The van der Waals surface area contributed by atoms with Crippen LogP contribution in [0.1, 0.15) is 36.0 Å². The van der Waals surface area contributed by atoms with Crippen LogP contribution in [0.15, 0.2) is 22.7 Å². The number of hydrogen-bond donors (Lipinski definition) is 3. The molecular weight excluding hydrogens is 312 g/mol. The fraction of sp³-hybridized carbons (Fsp3) is 0.385. The quantitative estimate of drug-likeness (QED) is 0.791.